The summed E-state index contributed by atoms with van der Waals surface area (Å²) in [4.78, 5) is 11.1. The Morgan fingerprint density at radius 3 is 2.84 bits per heavy atom. The highest BCUT2D eigenvalue weighted by Gasteiger charge is 2.04. The molecule has 0 unspecified atom stereocenters. The van der Waals surface area contributed by atoms with Crippen molar-refractivity contribution in [3.8, 4) is 0 Å². The molecule has 0 atom stereocenters. The van der Waals surface area contributed by atoms with Crippen molar-refractivity contribution in [1.29, 1.82) is 0 Å². The van der Waals surface area contributed by atoms with Gasteiger partial charge in [0.05, 0.1) is 5.69 Å². The second-order valence-electron chi connectivity index (χ2n) is 4.58. The Labute approximate surface area is 112 Å². The summed E-state index contributed by atoms with van der Waals surface area (Å²) in [7, 11) is 1.91. The van der Waals surface area contributed by atoms with E-state index in [1.807, 2.05) is 38.4 Å². The maximum absolute atomic E-state index is 11.1. The van der Waals surface area contributed by atoms with Crippen molar-refractivity contribution in [2.24, 2.45) is 12.8 Å². The molecule has 5 nitrogen and oxygen atoms in total. The lowest BCUT2D eigenvalue weighted by Gasteiger charge is -2.05. The van der Waals surface area contributed by atoms with E-state index in [2.05, 4.69) is 10.4 Å². The standard InChI is InChI=1S/C14H18N4O/c1-10-13(9-18(2)17-10)8-16-7-11-4-3-5-12(6-11)14(15)19/h3-6,9,16H,7-8H2,1-2H3,(H2,15,19). The highest BCUT2D eigenvalue weighted by molar-refractivity contribution is 5.92. The summed E-state index contributed by atoms with van der Waals surface area (Å²) < 4.78 is 1.81. The van der Waals surface area contributed by atoms with Crippen molar-refractivity contribution in [3.05, 3.63) is 52.8 Å². The second-order valence-corrected chi connectivity index (χ2v) is 4.58. The van der Waals surface area contributed by atoms with E-state index in [1.54, 1.807) is 10.7 Å². The van der Waals surface area contributed by atoms with Gasteiger partial charge in [-0.3, -0.25) is 9.48 Å². The Morgan fingerprint density at radius 1 is 1.42 bits per heavy atom. The zero-order valence-corrected chi connectivity index (χ0v) is 11.2. The number of aromatic nitrogens is 2. The van der Waals surface area contributed by atoms with E-state index in [0.717, 1.165) is 17.8 Å². The fraction of sp³-hybridized carbons (Fsp3) is 0.286. The first-order chi connectivity index (χ1) is 9.06. The number of aryl methyl sites for hydroxylation is 2. The number of amides is 1. The maximum atomic E-state index is 11.1. The van der Waals surface area contributed by atoms with Gasteiger partial charge in [-0.1, -0.05) is 12.1 Å². The van der Waals surface area contributed by atoms with Crippen LogP contribution in [0.1, 0.15) is 27.2 Å². The van der Waals surface area contributed by atoms with Crippen molar-refractivity contribution >= 4 is 5.91 Å². The van der Waals surface area contributed by atoms with E-state index in [4.69, 9.17) is 5.73 Å². The van der Waals surface area contributed by atoms with E-state index >= 15 is 0 Å². The first-order valence-corrected chi connectivity index (χ1v) is 6.15. The number of hydrogen-bond acceptors (Lipinski definition) is 3. The largest absolute Gasteiger partial charge is 0.366 e. The summed E-state index contributed by atoms with van der Waals surface area (Å²) in [6.07, 6.45) is 2.00. The van der Waals surface area contributed by atoms with E-state index in [1.165, 1.54) is 5.56 Å². The van der Waals surface area contributed by atoms with Crippen LogP contribution in [-0.4, -0.2) is 15.7 Å². The Hall–Kier alpha value is -2.14. The SMILES string of the molecule is Cc1nn(C)cc1CNCc1cccc(C(N)=O)c1. The third-order valence-electron chi connectivity index (χ3n) is 2.97. The van der Waals surface area contributed by atoms with Crippen LogP contribution in [0.3, 0.4) is 0 Å². The molecule has 0 spiro atoms. The van der Waals surface area contributed by atoms with Crippen molar-refractivity contribution in [2.45, 2.75) is 20.0 Å². The maximum Gasteiger partial charge on any atom is 0.248 e. The molecule has 0 saturated carbocycles. The molecular weight excluding hydrogens is 240 g/mol. The van der Waals surface area contributed by atoms with Gasteiger partial charge in [0.25, 0.3) is 0 Å². The second kappa shape index (κ2) is 5.67. The molecule has 1 heterocycles. The van der Waals surface area contributed by atoms with Gasteiger partial charge in [0, 0.05) is 37.5 Å². The van der Waals surface area contributed by atoms with E-state index in [9.17, 15) is 4.79 Å². The van der Waals surface area contributed by atoms with E-state index in [-0.39, 0.29) is 0 Å². The minimum atomic E-state index is -0.398. The highest BCUT2D eigenvalue weighted by Crippen LogP contribution is 2.07. The Morgan fingerprint density at radius 2 is 2.21 bits per heavy atom. The molecule has 2 aromatic rings. The average Bonchev–Trinajstić information content (AvgIpc) is 2.68. The number of primary amides is 1. The first-order valence-electron chi connectivity index (χ1n) is 6.15. The van der Waals surface area contributed by atoms with Gasteiger partial charge in [0.15, 0.2) is 0 Å². The highest BCUT2D eigenvalue weighted by atomic mass is 16.1. The van der Waals surface area contributed by atoms with Crippen LogP contribution in [0.25, 0.3) is 0 Å². The van der Waals surface area contributed by atoms with Gasteiger partial charge >= 0.3 is 0 Å². The monoisotopic (exact) mass is 258 g/mol. The van der Waals surface area contributed by atoms with Crippen LogP contribution in [0, 0.1) is 6.92 Å². The zero-order chi connectivity index (χ0) is 13.8. The number of benzene rings is 1. The molecule has 0 aliphatic carbocycles. The van der Waals surface area contributed by atoms with Crippen molar-refractivity contribution in [3.63, 3.8) is 0 Å². The molecule has 2 rings (SSSR count). The summed E-state index contributed by atoms with van der Waals surface area (Å²) >= 11 is 0. The Balaban J connectivity index is 1.94. The lowest BCUT2D eigenvalue weighted by molar-refractivity contribution is 0.1000. The lowest BCUT2D eigenvalue weighted by Crippen LogP contribution is -2.15. The van der Waals surface area contributed by atoms with E-state index in [0.29, 0.717) is 12.1 Å². The third-order valence-corrected chi connectivity index (χ3v) is 2.97. The van der Waals surface area contributed by atoms with Crippen LogP contribution in [0.5, 0.6) is 0 Å². The van der Waals surface area contributed by atoms with E-state index < -0.39 is 5.91 Å². The van der Waals surface area contributed by atoms with Crippen molar-refractivity contribution in [1.82, 2.24) is 15.1 Å². The summed E-state index contributed by atoms with van der Waals surface area (Å²) in [6, 6.07) is 7.34. The summed E-state index contributed by atoms with van der Waals surface area (Å²) in [5, 5.41) is 7.62. The number of nitrogens with two attached hydrogens (primary N) is 1. The number of nitrogens with one attached hydrogen (secondary N) is 1. The normalized spacial score (nSPS) is 10.6. The van der Waals surface area contributed by atoms with Crippen LogP contribution in [0.2, 0.25) is 0 Å². The van der Waals surface area contributed by atoms with Crippen molar-refractivity contribution in [2.75, 3.05) is 0 Å². The molecule has 0 fully saturated rings. The molecule has 0 aliphatic heterocycles. The number of rotatable bonds is 5. The van der Waals surface area contributed by atoms with Gasteiger partial charge in [-0.2, -0.15) is 5.10 Å². The Bertz CT molecular complexity index is 589. The molecule has 19 heavy (non-hydrogen) atoms. The van der Waals surface area contributed by atoms with Crippen LogP contribution < -0.4 is 11.1 Å². The van der Waals surface area contributed by atoms with Gasteiger partial charge in [-0.15, -0.1) is 0 Å². The topological polar surface area (TPSA) is 72.9 Å². The summed E-state index contributed by atoms with van der Waals surface area (Å²) in [5.41, 5.74) is 9.04. The fourth-order valence-electron chi connectivity index (χ4n) is 2.00. The zero-order valence-electron chi connectivity index (χ0n) is 11.2. The molecule has 1 amide bonds. The van der Waals surface area contributed by atoms with Gasteiger partial charge in [-0.05, 0) is 24.6 Å². The van der Waals surface area contributed by atoms with Gasteiger partial charge in [0.2, 0.25) is 5.91 Å². The van der Waals surface area contributed by atoms with Crippen LogP contribution >= 0.6 is 0 Å². The van der Waals surface area contributed by atoms with Crippen LogP contribution in [0.4, 0.5) is 0 Å². The molecule has 0 aliphatic rings. The minimum absolute atomic E-state index is 0.398. The minimum Gasteiger partial charge on any atom is -0.366 e. The smallest absolute Gasteiger partial charge is 0.248 e. The lowest BCUT2D eigenvalue weighted by atomic mass is 10.1. The summed E-state index contributed by atoms with van der Waals surface area (Å²) in [5.74, 6) is -0.398. The van der Waals surface area contributed by atoms with Crippen molar-refractivity contribution < 1.29 is 4.79 Å². The predicted octanol–water partition coefficient (Wildman–Crippen LogP) is 1.12. The molecule has 1 aromatic heterocycles. The predicted molar refractivity (Wildman–Crippen MR) is 73.4 cm³/mol. The fourth-order valence-corrected chi connectivity index (χ4v) is 2.00. The van der Waals surface area contributed by atoms with Crippen LogP contribution in [-0.2, 0) is 20.1 Å². The van der Waals surface area contributed by atoms with Gasteiger partial charge < -0.3 is 11.1 Å². The molecule has 0 bridgehead atoms. The van der Waals surface area contributed by atoms with Gasteiger partial charge in [-0.25, -0.2) is 0 Å². The number of nitrogens with zero attached hydrogens (tertiary/aromatic N) is 2. The van der Waals surface area contributed by atoms with Crippen LogP contribution in [0.15, 0.2) is 30.5 Å². The molecule has 100 valence electrons. The molecule has 0 radical (unpaired) electrons. The molecular formula is C14H18N4O. The number of carbonyl (C=O) groups is 1. The first kappa shape index (κ1) is 13.3. The third kappa shape index (κ3) is 3.42. The quantitative estimate of drug-likeness (QED) is 0.844. The number of carbonyl (C=O) groups excluding carboxylic acids is 1. The molecule has 1 aromatic carbocycles. The van der Waals surface area contributed by atoms with Gasteiger partial charge in [0.1, 0.15) is 0 Å². The summed E-state index contributed by atoms with van der Waals surface area (Å²) in [6.45, 7) is 3.43. The Kier molecular flexibility index (Phi) is 3.97. The molecule has 0 saturated heterocycles. The molecule has 3 N–H and O–H groups in total. The average molecular weight is 258 g/mol. The number of hydrogen-bond donors (Lipinski definition) is 2. The molecule has 5 heteroatoms.